The van der Waals surface area contributed by atoms with E-state index < -0.39 is 0 Å². The lowest BCUT2D eigenvalue weighted by Gasteiger charge is -2.22. The lowest BCUT2D eigenvalue weighted by atomic mass is 9.86. The average Bonchev–Trinajstić information content (AvgIpc) is 3.01. The minimum atomic E-state index is -0.244. The monoisotopic (exact) mass is 370 g/mol. The van der Waals surface area contributed by atoms with Gasteiger partial charge >= 0.3 is 0 Å². The minimum Gasteiger partial charge on any atom is -0.494 e. The molecule has 0 aliphatic heterocycles. The molecule has 0 spiro atoms. The largest absolute Gasteiger partial charge is 0.494 e. The highest BCUT2D eigenvalue weighted by Crippen LogP contribution is 2.33. The van der Waals surface area contributed by atoms with E-state index in [2.05, 4.69) is 31.1 Å². The molecule has 136 valence electrons. The number of benzene rings is 2. The summed E-state index contributed by atoms with van der Waals surface area (Å²) < 4.78 is 12.0. The third kappa shape index (κ3) is 3.96. The molecule has 1 aromatic heterocycles. The number of hydrogen-bond donors (Lipinski definition) is 1. The molecule has 3 aromatic rings. The van der Waals surface area contributed by atoms with Crippen molar-refractivity contribution in [2.45, 2.75) is 26.2 Å². The number of rotatable bonds is 5. The van der Waals surface area contributed by atoms with Gasteiger partial charge in [-0.3, -0.25) is 10.1 Å². The van der Waals surface area contributed by atoms with E-state index >= 15 is 0 Å². The Morgan fingerprint density at radius 3 is 2.58 bits per heavy atom. The van der Waals surface area contributed by atoms with E-state index in [0.717, 1.165) is 21.5 Å². The second-order valence-electron chi connectivity index (χ2n) is 6.91. The number of methoxy groups -OCH3 is 1. The van der Waals surface area contributed by atoms with E-state index in [4.69, 9.17) is 9.47 Å². The molecule has 1 N–H and O–H groups in total. The van der Waals surface area contributed by atoms with Crippen LogP contribution in [0.15, 0.2) is 42.5 Å². The van der Waals surface area contributed by atoms with E-state index in [-0.39, 0.29) is 17.9 Å². The van der Waals surface area contributed by atoms with Crippen LogP contribution in [0.4, 0.5) is 5.13 Å². The van der Waals surface area contributed by atoms with Crippen molar-refractivity contribution in [3.8, 4) is 11.5 Å². The molecule has 0 aliphatic carbocycles. The van der Waals surface area contributed by atoms with Crippen molar-refractivity contribution in [1.29, 1.82) is 0 Å². The third-order valence-electron chi connectivity index (χ3n) is 3.90. The maximum absolute atomic E-state index is 12.3. The smallest absolute Gasteiger partial charge is 0.264 e. The molecule has 2 aromatic carbocycles. The standard InChI is InChI=1S/C20H22N2O3S/c1-20(2,3)13-8-5-6-9-14(13)25-12-17(23)21-19-22-18-15(24-4)10-7-11-16(18)26-19/h5-11H,12H2,1-4H3,(H,21,22,23). The van der Waals surface area contributed by atoms with Gasteiger partial charge in [-0.1, -0.05) is 56.4 Å². The lowest BCUT2D eigenvalue weighted by Crippen LogP contribution is -2.21. The number of aromatic nitrogens is 1. The van der Waals surface area contributed by atoms with Crippen molar-refractivity contribution in [2.24, 2.45) is 0 Å². The van der Waals surface area contributed by atoms with E-state index in [1.807, 2.05) is 42.5 Å². The number of fused-ring (bicyclic) bond motifs is 1. The van der Waals surface area contributed by atoms with Crippen molar-refractivity contribution in [2.75, 3.05) is 19.0 Å². The second kappa shape index (κ2) is 7.33. The molecule has 0 saturated heterocycles. The first kappa shape index (κ1) is 18.2. The van der Waals surface area contributed by atoms with Gasteiger partial charge in [0, 0.05) is 0 Å². The first-order valence-corrected chi connectivity index (χ1v) is 9.16. The fourth-order valence-electron chi connectivity index (χ4n) is 2.65. The number of carbonyl (C=O) groups is 1. The molecule has 0 radical (unpaired) electrons. The first-order chi connectivity index (χ1) is 12.4. The Morgan fingerprint density at radius 2 is 1.85 bits per heavy atom. The topological polar surface area (TPSA) is 60.5 Å². The Labute approximate surface area is 157 Å². The van der Waals surface area contributed by atoms with Crippen molar-refractivity contribution in [3.63, 3.8) is 0 Å². The number of para-hydroxylation sites is 2. The van der Waals surface area contributed by atoms with Gasteiger partial charge in [-0.05, 0) is 29.2 Å². The molecule has 26 heavy (non-hydrogen) atoms. The summed E-state index contributed by atoms with van der Waals surface area (Å²) in [6.45, 7) is 6.28. The van der Waals surface area contributed by atoms with Crippen LogP contribution in [0.25, 0.3) is 10.2 Å². The average molecular weight is 370 g/mol. The Bertz CT molecular complexity index is 928. The summed E-state index contributed by atoms with van der Waals surface area (Å²) in [7, 11) is 1.60. The quantitative estimate of drug-likeness (QED) is 0.712. The fraction of sp³-hybridized carbons (Fsp3) is 0.300. The van der Waals surface area contributed by atoms with Crippen LogP contribution in [0.3, 0.4) is 0 Å². The maximum atomic E-state index is 12.3. The number of carbonyl (C=O) groups excluding carboxylic acids is 1. The molecular formula is C20H22N2O3S. The van der Waals surface area contributed by atoms with Crippen LogP contribution in [0.5, 0.6) is 11.5 Å². The number of thiazole rings is 1. The third-order valence-corrected chi connectivity index (χ3v) is 4.84. The minimum absolute atomic E-state index is 0.0589. The Morgan fingerprint density at radius 1 is 1.12 bits per heavy atom. The van der Waals surface area contributed by atoms with Gasteiger partial charge in [0.2, 0.25) is 0 Å². The zero-order valence-electron chi connectivity index (χ0n) is 15.3. The van der Waals surface area contributed by atoms with Crippen molar-refractivity contribution in [3.05, 3.63) is 48.0 Å². The number of hydrogen-bond acceptors (Lipinski definition) is 5. The molecule has 3 rings (SSSR count). The number of nitrogens with one attached hydrogen (secondary N) is 1. The molecule has 0 aliphatic rings. The summed E-state index contributed by atoms with van der Waals surface area (Å²) in [6.07, 6.45) is 0. The molecule has 0 bridgehead atoms. The van der Waals surface area contributed by atoms with Gasteiger partial charge in [-0.25, -0.2) is 4.98 Å². The van der Waals surface area contributed by atoms with Crippen LogP contribution in [-0.2, 0) is 10.2 Å². The van der Waals surface area contributed by atoms with Crippen LogP contribution in [0.1, 0.15) is 26.3 Å². The van der Waals surface area contributed by atoms with Crippen LogP contribution in [0, 0.1) is 0 Å². The predicted octanol–water partition coefficient (Wildman–Crippen LogP) is 4.62. The predicted molar refractivity (Wildman–Crippen MR) is 105 cm³/mol. The van der Waals surface area contributed by atoms with Crippen LogP contribution < -0.4 is 14.8 Å². The Hall–Kier alpha value is -2.60. The number of ether oxygens (including phenoxy) is 2. The van der Waals surface area contributed by atoms with Crippen molar-refractivity contribution in [1.82, 2.24) is 4.98 Å². The summed E-state index contributed by atoms with van der Waals surface area (Å²) in [5, 5.41) is 3.33. The molecule has 6 heteroatoms. The highest BCUT2D eigenvalue weighted by molar-refractivity contribution is 7.22. The molecule has 0 atom stereocenters. The summed E-state index contributed by atoms with van der Waals surface area (Å²) in [5.41, 5.74) is 1.75. The number of amides is 1. The van der Waals surface area contributed by atoms with Gasteiger partial charge in [0.25, 0.3) is 5.91 Å². The van der Waals surface area contributed by atoms with Gasteiger partial charge < -0.3 is 9.47 Å². The lowest BCUT2D eigenvalue weighted by molar-refractivity contribution is -0.118. The van der Waals surface area contributed by atoms with Crippen LogP contribution in [0.2, 0.25) is 0 Å². The molecule has 0 fully saturated rings. The number of anilines is 1. The molecule has 1 amide bonds. The maximum Gasteiger partial charge on any atom is 0.264 e. The van der Waals surface area contributed by atoms with Gasteiger partial charge in [0.15, 0.2) is 11.7 Å². The normalized spacial score (nSPS) is 11.4. The van der Waals surface area contributed by atoms with E-state index in [0.29, 0.717) is 10.9 Å². The number of nitrogens with zero attached hydrogens (tertiary/aromatic N) is 1. The summed E-state index contributed by atoms with van der Waals surface area (Å²) in [6, 6.07) is 13.5. The van der Waals surface area contributed by atoms with Gasteiger partial charge in [-0.15, -0.1) is 0 Å². The molecule has 5 nitrogen and oxygen atoms in total. The summed E-state index contributed by atoms with van der Waals surface area (Å²) in [5.74, 6) is 1.17. The first-order valence-electron chi connectivity index (χ1n) is 8.34. The summed E-state index contributed by atoms with van der Waals surface area (Å²) in [4.78, 5) is 16.7. The Kier molecular flexibility index (Phi) is 5.13. The fourth-order valence-corrected chi connectivity index (χ4v) is 3.55. The zero-order chi connectivity index (χ0) is 18.7. The highest BCUT2D eigenvalue weighted by Gasteiger charge is 2.19. The van der Waals surface area contributed by atoms with Crippen molar-refractivity contribution < 1.29 is 14.3 Å². The van der Waals surface area contributed by atoms with E-state index in [1.54, 1.807) is 7.11 Å². The zero-order valence-corrected chi connectivity index (χ0v) is 16.1. The van der Waals surface area contributed by atoms with Gasteiger partial charge in [0.05, 0.1) is 11.8 Å². The SMILES string of the molecule is COc1cccc2sc(NC(=O)COc3ccccc3C(C)(C)C)nc12. The van der Waals surface area contributed by atoms with Gasteiger partial charge in [0.1, 0.15) is 17.0 Å². The Balaban J connectivity index is 1.69. The molecule has 0 saturated carbocycles. The van der Waals surface area contributed by atoms with E-state index in [9.17, 15) is 4.79 Å². The molecule has 1 heterocycles. The highest BCUT2D eigenvalue weighted by atomic mass is 32.1. The molecular weight excluding hydrogens is 348 g/mol. The van der Waals surface area contributed by atoms with Crippen LogP contribution in [-0.4, -0.2) is 24.6 Å². The van der Waals surface area contributed by atoms with E-state index in [1.165, 1.54) is 11.3 Å². The second-order valence-corrected chi connectivity index (χ2v) is 7.94. The molecule has 0 unspecified atom stereocenters. The van der Waals surface area contributed by atoms with Crippen LogP contribution >= 0.6 is 11.3 Å². The van der Waals surface area contributed by atoms with Gasteiger partial charge in [-0.2, -0.15) is 0 Å². The van der Waals surface area contributed by atoms with Crippen molar-refractivity contribution >= 4 is 32.6 Å². The summed E-state index contributed by atoms with van der Waals surface area (Å²) >= 11 is 1.41.